The second kappa shape index (κ2) is 11.9. The van der Waals surface area contributed by atoms with Crippen LogP contribution in [0.5, 0.6) is 0 Å². The summed E-state index contributed by atoms with van der Waals surface area (Å²) in [5.74, 6) is -0.570. The summed E-state index contributed by atoms with van der Waals surface area (Å²) in [6.45, 7) is 0.837. The van der Waals surface area contributed by atoms with Gasteiger partial charge in [0.1, 0.15) is 6.61 Å². The van der Waals surface area contributed by atoms with Crippen molar-refractivity contribution in [2.45, 2.75) is 63.3 Å². The average molecular weight is 479 g/mol. The van der Waals surface area contributed by atoms with Crippen LogP contribution >= 0.6 is 0 Å². The summed E-state index contributed by atoms with van der Waals surface area (Å²) in [7, 11) is 0. The van der Waals surface area contributed by atoms with Crippen LogP contribution in [-0.2, 0) is 14.3 Å². The largest absolute Gasteiger partial charge is 0.481 e. The molecule has 2 aliphatic rings. The number of carboxylic acid groups (broad SMARTS) is 1. The average Bonchev–Trinajstić information content (AvgIpc) is 3.64. The third-order valence-electron chi connectivity index (χ3n) is 6.88. The molecule has 1 atom stereocenters. The minimum Gasteiger partial charge on any atom is -0.481 e. The molecule has 4 rings (SSSR count). The first-order chi connectivity index (χ1) is 17.0. The fraction of sp³-hybridized carbons (Fsp3) is 0.464. The first kappa shape index (κ1) is 24.8. The van der Waals surface area contributed by atoms with Crippen LogP contribution in [0.25, 0.3) is 11.1 Å². The molecule has 2 aromatic carbocycles. The molecule has 3 N–H and O–H groups in total. The lowest BCUT2D eigenvalue weighted by Gasteiger charge is -2.16. The zero-order valence-electron chi connectivity index (χ0n) is 20.0. The topological polar surface area (TPSA) is 105 Å². The second-order valence-corrected chi connectivity index (χ2v) is 9.53. The Bertz CT molecular complexity index is 1000. The number of hydrogen-bond acceptors (Lipinski definition) is 4. The number of aliphatic carboxylic acids is 1. The van der Waals surface area contributed by atoms with Gasteiger partial charge in [-0.25, -0.2) is 4.79 Å². The highest BCUT2D eigenvalue weighted by molar-refractivity contribution is 5.79. The van der Waals surface area contributed by atoms with E-state index in [1.165, 1.54) is 22.3 Å². The Balaban J connectivity index is 1.08. The molecule has 0 aromatic heterocycles. The van der Waals surface area contributed by atoms with Crippen LogP contribution in [-0.4, -0.2) is 42.3 Å². The Morgan fingerprint density at radius 2 is 1.54 bits per heavy atom. The van der Waals surface area contributed by atoms with E-state index < -0.39 is 12.1 Å². The number of rotatable bonds is 13. The summed E-state index contributed by atoms with van der Waals surface area (Å²) < 4.78 is 5.54. The van der Waals surface area contributed by atoms with Crippen molar-refractivity contribution in [3.8, 4) is 11.1 Å². The molecule has 0 spiro atoms. The predicted molar refractivity (Wildman–Crippen MR) is 133 cm³/mol. The fourth-order valence-corrected chi connectivity index (χ4v) is 4.91. The Morgan fingerprint density at radius 1 is 0.914 bits per heavy atom. The lowest BCUT2D eigenvalue weighted by Crippen LogP contribution is -2.37. The molecule has 0 aliphatic heterocycles. The third kappa shape index (κ3) is 6.84. The standard InChI is InChI=1S/C28H34N2O5/c31-26(30-25(17-27(32)33)19-14-15-19)13-3-1-2-8-16-29-28(34)35-18-24-22-11-6-4-9-20(22)21-10-5-7-12-23(21)24/h4-7,9-12,19,24-25H,1-3,8,13-18H2,(H,29,34)(H,30,31)(H,32,33). The highest BCUT2D eigenvalue weighted by atomic mass is 16.5. The maximum Gasteiger partial charge on any atom is 0.407 e. The highest BCUT2D eigenvalue weighted by Gasteiger charge is 2.33. The zero-order valence-corrected chi connectivity index (χ0v) is 20.0. The van der Waals surface area contributed by atoms with Crippen molar-refractivity contribution in [1.82, 2.24) is 10.6 Å². The summed E-state index contributed by atoms with van der Waals surface area (Å²) in [4.78, 5) is 35.3. The molecule has 186 valence electrons. The van der Waals surface area contributed by atoms with E-state index in [0.717, 1.165) is 38.5 Å². The normalized spacial score (nSPS) is 15.1. The van der Waals surface area contributed by atoms with E-state index in [-0.39, 0.29) is 24.3 Å². The molecule has 7 nitrogen and oxygen atoms in total. The lowest BCUT2D eigenvalue weighted by atomic mass is 9.98. The molecule has 0 bridgehead atoms. The first-order valence-corrected chi connectivity index (χ1v) is 12.6. The number of amides is 2. The molecule has 7 heteroatoms. The number of unbranched alkanes of at least 4 members (excludes halogenated alkanes) is 3. The Morgan fingerprint density at radius 3 is 2.17 bits per heavy atom. The van der Waals surface area contributed by atoms with Gasteiger partial charge in [-0.3, -0.25) is 9.59 Å². The minimum absolute atomic E-state index is 0.00204. The van der Waals surface area contributed by atoms with Gasteiger partial charge >= 0.3 is 12.1 Å². The van der Waals surface area contributed by atoms with Crippen LogP contribution in [0, 0.1) is 5.92 Å². The van der Waals surface area contributed by atoms with Gasteiger partial charge in [0, 0.05) is 24.9 Å². The Hall–Kier alpha value is -3.35. The number of carboxylic acids is 1. The fourth-order valence-electron chi connectivity index (χ4n) is 4.91. The van der Waals surface area contributed by atoms with Gasteiger partial charge in [0.25, 0.3) is 0 Å². The summed E-state index contributed by atoms with van der Waals surface area (Å²) in [5.41, 5.74) is 4.79. The number of hydrogen-bond donors (Lipinski definition) is 3. The second-order valence-electron chi connectivity index (χ2n) is 9.53. The molecule has 2 amide bonds. The molecule has 0 heterocycles. The number of alkyl carbamates (subject to hydrolysis) is 1. The van der Waals surface area contributed by atoms with Gasteiger partial charge in [0.15, 0.2) is 0 Å². The van der Waals surface area contributed by atoms with E-state index in [1.54, 1.807) is 0 Å². The van der Waals surface area contributed by atoms with Crippen molar-refractivity contribution in [2.24, 2.45) is 5.92 Å². The smallest absolute Gasteiger partial charge is 0.407 e. The predicted octanol–water partition coefficient (Wildman–Crippen LogP) is 4.85. The molecule has 2 aromatic rings. The van der Waals surface area contributed by atoms with Crippen molar-refractivity contribution in [1.29, 1.82) is 0 Å². The van der Waals surface area contributed by atoms with Crippen molar-refractivity contribution >= 4 is 18.0 Å². The number of ether oxygens (including phenoxy) is 1. The van der Waals surface area contributed by atoms with Crippen molar-refractivity contribution in [2.75, 3.05) is 13.2 Å². The van der Waals surface area contributed by atoms with Gasteiger partial charge in [-0.1, -0.05) is 61.4 Å². The zero-order chi connectivity index (χ0) is 24.6. The number of fused-ring (bicyclic) bond motifs is 3. The van der Waals surface area contributed by atoms with Crippen molar-refractivity contribution < 1.29 is 24.2 Å². The lowest BCUT2D eigenvalue weighted by molar-refractivity contribution is -0.137. The van der Waals surface area contributed by atoms with Crippen molar-refractivity contribution in [3.05, 3.63) is 59.7 Å². The Labute approximate surface area is 206 Å². The quantitative estimate of drug-likeness (QED) is 0.357. The molecular formula is C28H34N2O5. The number of nitrogens with one attached hydrogen (secondary N) is 2. The van der Waals surface area contributed by atoms with Gasteiger partial charge in [-0.15, -0.1) is 0 Å². The SMILES string of the molecule is O=C(O)CC(NC(=O)CCCCCCNC(=O)OCC1c2ccccc2-c2ccccc21)C1CC1. The van der Waals surface area contributed by atoms with Gasteiger partial charge in [-0.2, -0.15) is 0 Å². The molecule has 0 radical (unpaired) electrons. The van der Waals surface area contributed by atoms with Gasteiger partial charge in [0.05, 0.1) is 6.42 Å². The molecule has 2 aliphatic carbocycles. The third-order valence-corrected chi connectivity index (χ3v) is 6.88. The Kier molecular flexibility index (Phi) is 8.40. The van der Waals surface area contributed by atoms with E-state index >= 15 is 0 Å². The van der Waals surface area contributed by atoms with Gasteiger partial charge < -0.3 is 20.5 Å². The van der Waals surface area contributed by atoms with E-state index in [0.29, 0.717) is 25.5 Å². The summed E-state index contributed by atoms with van der Waals surface area (Å²) >= 11 is 0. The summed E-state index contributed by atoms with van der Waals surface area (Å²) in [6.07, 6.45) is 5.34. The molecule has 0 saturated heterocycles. The van der Waals surface area contributed by atoms with Crippen LogP contribution in [0.15, 0.2) is 48.5 Å². The number of carbonyl (C=O) groups excluding carboxylic acids is 2. The van der Waals surface area contributed by atoms with E-state index in [9.17, 15) is 14.4 Å². The van der Waals surface area contributed by atoms with Gasteiger partial charge in [-0.05, 0) is 53.9 Å². The van der Waals surface area contributed by atoms with Crippen LogP contribution in [0.4, 0.5) is 4.79 Å². The van der Waals surface area contributed by atoms with Crippen molar-refractivity contribution in [3.63, 3.8) is 0 Å². The molecule has 1 saturated carbocycles. The van der Waals surface area contributed by atoms with Crippen LogP contribution in [0.2, 0.25) is 0 Å². The van der Waals surface area contributed by atoms with E-state index in [2.05, 4.69) is 34.9 Å². The summed E-state index contributed by atoms with van der Waals surface area (Å²) in [6, 6.07) is 16.3. The van der Waals surface area contributed by atoms with Crippen LogP contribution in [0.1, 0.15) is 68.4 Å². The highest BCUT2D eigenvalue weighted by Crippen LogP contribution is 2.44. The van der Waals surface area contributed by atoms with Crippen LogP contribution < -0.4 is 10.6 Å². The molecule has 35 heavy (non-hydrogen) atoms. The van der Waals surface area contributed by atoms with E-state index in [1.807, 2.05) is 24.3 Å². The maximum absolute atomic E-state index is 12.2. The molecular weight excluding hydrogens is 444 g/mol. The molecule has 1 unspecified atom stereocenters. The van der Waals surface area contributed by atoms with Crippen LogP contribution in [0.3, 0.4) is 0 Å². The number of carbonyl (C=O) groups is 3. The monoisotopic (exact) mass is 478 g/mol. The van der Waals surface area contributed by atoms with Gasteiger partial charge in [0.2, 0.25) is 5.91 Å². The molecule has 1 fully saturated rings. The van der Waals surface area contributed by atoms with E-state index in [4.69, 9.17) is 9.84 Å². The summed E-state index contributed by atoms with van der Waals surface area (Å²) in [5, 5.41) is 14.7. The first-order valence-electron chi connectivity index (χ1n) is 12.6. The number of benzene rings is 2. The maximum atomic E-state index is 12.2. The minimum atomic E-state index is -0.869.